The highest BCUT2D eigenvalue weighted by atomic mass is 16.5. The molecule has 1 unspecified atom stereocenters. The van der Waals surface area contributed by atoms with Crippen LogP contribution < -0.4 is 11.3 Å². The quantitative estimate of drug-likeness (QED) is 0.585. The maximum absolute atomic E-state index is 5.66. The third-order valence-electron chi connectivity index (χ3n) is 3.88. The lowest BCUT2D eigenvalue weighted by Crippen LogP contribution is -2.48. The number of ether oxygens (including phenoxy) is 1. The Labute approximate surface area is 103 Å². The highest BCUT2D eigenvalue weighted by Gasteiger charge is 2.38. The molecule has 2 rings (SSSR count). The van der Waals surface area contributed by atoms with Crippen LogP contribution in [0.25, 0.3) is 0 Å². The fraction of sp³-hybridized carbons (Fsp3) is 0.571. The zero-order chi connectivity index (χ0) is 12.1. The van der Waals surface area contributed by atoms with Crippen LogP contribution in [-0.4, -0.2) is 18.8 Å². The Balaban J connectivity index is 1.93. The van der Waals surface area contributed by atoms with Crippen LogP contribution >= 0.6 is 0 Å². The van der Waals surface area contributed by atoms with Gasteiger partial charge in [0.1, 0.15) is 0 Å². The Morgan fingerprint density at radius 2 is 2.06 bits per heavy atom. The largest absolute Gasteiger partial charge is 0.378 e. The average Bonchev–Trinajstić information content (AvgIpc) is 2.33. The van der Waals surface area contributed by atoms with Crippen molar-refractivity contribution in [1.82, 2.24) is 5.43 Å². The van der Waals surface area contributed by atoms with E-state index in [9.17, 15) is 0 Å². The Bertz CT molecular complexity index is 330. The molecule has 0 aliphatic heterocycles. The van der Waals surface area contributed by atoms with Crippen molar-refractivity contribution in [2.75, 3.05) is 7.11 Å². The number of hydrazine groups is 1. The summed E-state index contributed by atoms with van der Waals surface area (Å²) in [5.41, 5.74) is 4.32. The lowest BCUT2D eigenvalue weighted by atomic mass is 9.75. The summed E-state index contributed by atoms with van der Waals surface area (Å²) >= 11 is 0. The molecule has 0 amide bonds. The van der Waals surface area contributed by atoms with Crippen LogP contribution in [0.2, 0.25) is 0 Å². The minimum Gasteiger partial charge on any atom is -0.378 e. The van der Waals surface area contributed by atoms with E-state index in [4.69, 9.17) is 10.6 Å². The van der Waals surface area contributed by atoms with E-state index in [-0.39, 0.29) is 11.6 Å². The molecule has 1 aromatic rings. The van der Waals surface area contributed by atoms with Crippen LogP contribution in [0.4, 0.5) is 0 Å². The second kappa shape index (κ2) is 5.63. The van der Waals surface area contributed by atoms with Gasteiger partial charge in [-0.3, -0.25) is 11.3 Å². The van der Waals surface area contributed by atoms with Gasteiger partial charge in [-0.2, -0.15) is 0 Å². The minimum atomic E-state index is 0.0752. The first-order valence-electron chi connectivity index (χ1n) is 6.33. The van der Waals surface area contributed by atoms with Gasteiger partial charge in [0.25, 0.3) is 0 Å². The van der Waals surface area contributed by atoms with E-state index in [0.717, 1.165) is 25.7 Å². The second-order valence-corrected chi connectivity index (χ2v) is 5.00. The molecule has 1 aliphatic carbocycles. The van der Waals surface area contributed by atoms with Crippen molar-refractivity contribution in [3.05, 3.63) is 35.9 Å². The highest BCUT2D eigenvalue weighted by Crippen LogP contribution is 2.39. The third-order valence-corrected chi connectivity index (χ3v) is 3.88. The summed E-state index contributed by atoms with van der Waals surface area (Å²) in [6.07, 6.45) is 5.56. The molecule has 94 valence electrons. The van der Waals surface area contributed by atoms with E-state index in [2.05, 4.69) is 29.7 Å². The molecule has 0 aromatic heterocycles. The van der Waals surface area contributed by atoms with E-state index >= 15 is 0 Å². The predicted molar refractivity (Wildman–Crippen MR) is 69.5 cm³/mol. The second-order valence-electron chi connectivity index (χ2n) is 5.00. The Hall–Kier alpha value is -0.900. The summed E-state index contributed by atoms with van der Waals surface area (Å²) in [7, 11) is 1.81. The van der Waals surface area contributed by atoms with Crippen molar-refractivity contribution in [3.63, 3.8) is 0 Å². The molecule has 0 saturated heterocycles. The Morgan fingerprint density at radius 3 is 2.53 bits per heavy atom. The number of hydrogen-bond acceptors (Lipinski definition) is 3. The molecule has 3 N–H and O–H groups in total. The summed E-state index contributed by atoms with van der Waals surface area (Å²) in [6, 6.07) is 10.8. The summed E-state index contributed by atoms with van der Waals surface area (Å²) in [4.78, 5) is 0. The zero-order valence-corrected chi connectivity index (χ0v) is 10.5. The molecule has 0 heterocycles. The van der Waals surface area contributed by atoms with E-state index < -0.39 is 0 Å². The number of rotatable bonds is 6. The highest BCUT2D eigenvalue weighted by molar-refractivity contribution is 5.16. The molecule has 3 nitrogen and oxygen atoms in total. The molecule has 1 fully saturated rings. The van der Waals surface area contributed by atoms with Gasteiger partial charge in [0.05, 0.1) is 5.60 Å². The number of nitrogens with one attached hydrogen (secondary N) is 1. The smallest absolute Gasteiger partial charge is 0.0694 e. The fourth-order valence-electron chi connectivity index (χ4n) is 2.60. The lowest BCUT2D eigenvalue weighted by molar-refractivity contribution is -0.0834. The number of benzene rings is 1. The monoisotopic (exact) mass is 234 g/mol. The van der Waals surface area contributed by atoms with Crippen LogP contribution in [0, 0.1) is 0 Å². The van der Waals surface area contributed by atoms with Crippen molar-refractivity contribution >= 4 is 0 Å². The van der Waals surface area contributed by atoms with Crippen LogP contribution in [0.1, 0.15) is 31.2 Å². The minimum absolute atomic E-state index is 0.0752. The average molecular weight is 234 g/mol. The van der Waals surface area contributed by atoms with Crippen LogP contribution in [0.3, 0.4) is 0 Å². The van der Waals surface area contributed by atoms with Crippen LogP contribution in [0.5, 0.6) is 0 Å². The van der Waals surface area contributed by atoms with Crippen molar-refractivity contribution in [3.8, 4) is 0 Å². The van der Waals surface area contributed by atoms with Gasteiger partial charge in [-0.15, -0.1) is 0 Å². The molecular formula is C14H22N2O. The topological polar surface area (TPSA) is 47.3 Å². The van der Waals surface area contributed by atoms with E-state index in [1.54, 1.807) is 0 Å². The van der Waals surface area contributed by atoms with Crippen molar-refractivity contribution in [2.45, 2.75) is 43.7 Å². The molecule has 0 radical (unpaired) electrons. The molecule has 0 spiro atoms. The fourth-order valence-corrected chi connectivity index (χ4v) is 2.60. The number of nitrogens with two attached hydrogens (primary N) is 1. The summed E-state index contributed by atoms with van der Waals surface area (Å²) in [5, 5.41) is 0. The first-order chi connectivity index (χ1) is 8.28. The van der Waals surface area contributed by atoms with Gasteiger partial charge in [-0.25, -0.2) is 0 Å². The molecular weight excluding hydrogens is 212 g/mol. The van der Waals surface area contributed by atoms with E-state index in [1.165, 1.54) is 12.0 Å². The normalized spacial score (nSPS) is 19.6. The summed E-state index contributed by atoms with van der Waals surface area (Å²) in [5.74, 6) is 5.66. The number of methoxy groups -OCH3 is 1. The zero-order valence-electron chi connectivity index (χ0n) is 10.5. The maximum atomic E-state index is 5.66. The summed E-state index contributed by atoms with van der Waals surface area (Å²) in [6.45, 7) is 0. The standard InChI is InChI=1S/C14H22N2O/c1-17-14(8-5-9-14)11-13(16-15)10-12-6-3-2-4-7-12/h2-4,6-7,13,16H,5,8-11,15H2,1H3. The van der Waals surface area contributed by atoms with Crippen molar-refractivity contribution in [1.29, 1.82) is 0 Å². The summed E-state index contributed by atoms with van der Waals surface area (Å²) < 4.78 is 5.65. The SMILES string of the molecule is COC1(CC(Cc2ccccc2)NN)CCC1. The van der Waals surface area contributed by atoms with Crippen LogP contribution in [-0.2, 0) is 11.2 Å². The first-order valence-corrected chi connectivity index (χ1v) is 6.33. The Morgan fingerprint density at radius 1 is 1.35 bits per heavy atom. The molecule has 1 aliphatic rings. The Kier molecular flexibility index (Phi) is 4.15. The van der Waals surface area contributed by atoms with E-state index in [1.807, 2.05) is 13.2 Å². The number of hydrogen-bond donors (Lipinski definition) is 2. The van der Waals surface area contributed by atoms with Gasteiger partial charge in [0, 0.05) is 13.2 Å². The van der Waals surface area contributed by atoms with Gasteiger partial charge in [-0.05, 0) is 37.7 Å². The molecule has 1 atom stereocenters. The molecule has 3 heteroatoms. The first kappa shape index (κ1) is 12.6. The molecule has 1 aromatic carbocycles. The molecule has 0 bridgehead atoms. The van der Waals surface area contributed by atoms with Gasteiger partial charge < -0.3 is 4.74 Å². The van der Waals surface area contributed by atoms with Crippen molar-refractivity contribution in [2.24, 2.45) is 5.84 Å². The predicted octanol–water partition coefficient (Wildman–Crippen LogP) is 2.02. The van der Waals surface area contributed by atoms with E-state index in [0.29, 0.717) is 0 Å². The van der Waals surface area contributed by atoms with Gasteiger partial charge in [-0.1, -0.05) is 30.3 Å². The lowest BCUT2D eigenvalue weighted by Gasteiger charge is -2.42. The van der Waals surface area contributed by atoms with Gasteiger partial charge in [0.2, 0.25) is 0 Å². The van der Waals surface area contributed by atoms with Gasteiger partial charge >= 0.3 is 0 Å². The molecule has 17 heavy (non-hydrogen) atoms. The molecule has 1 saturated carbocycles. The van der Waals surface area contributed by atoms with Crippen molar-refractivity contribution < 1.29 is 4.74 Å². The van der Waals surface area contributed by atoms with Crippen LogP contribution in [0.15, 0.2) is 30.3 Å². The third kappa shape index (κ3) is 3.06. The maximum Gasteiger partial charge on any atom is 0.0694 e. The van der Waals surface area contributed by atoms with Gasteiger partial charge in [0.15, 0.2) is 0 Å².